The third-order valence-corrected chi connectivity index (χ3v) is 5.29. The van der Waals surface area contributed by atoms with Crippen LogP contribution in [-0.4, -0.2) is 23.6 Å². The van der Waals surface area contributed by atoms with Crippen LogP contribution in [0.5, 0.6) is 0 Å². The molecular weight excluding hydrogens is 338 g/mol. The summed E-state index contributed by atoms with van der Waals surface area (Å²) in [6.07, 6.45) is 4.40. The minimum Gasteiger partial charge on any atom is -0.462 e. The Labute approximate surface area is 150 Å². The minimum absolute atomic E-state index is 0.305. The van der Waals surface area contributed by atoms with Gasteiger partial charge in [0.25, 0.3) is 0 Å². The molecule has 0 aromatic carbocycles. The lowest BCUT2D eigenvalue weighted by atomic mass is 9.88. The van der Waals surface area contributed by atoms with Crippen LogP contribution in [0, 0.1) is 5.92 Å². The quantitative estimate of drug-likeness (QED) is 0.806. The number of aromatic nitrogens is 1. The zero-order chi connectivity index (χ0) is 17.8. The molecule has 0 saturated carbocycles. The molecule has 2 heterocycles. The number of nitrogens with one attached hydrogen (secondary N) is 2. The molecule has 2 aromatic rings. The summed E-state index contributed by atoms with van der Waals surface area (Å²) in [7, 11) is 0. The fourth-order valence-electron chi connectivity index (χ4n) is 2.95. The topological polar surface area (TPSA) is 80.3 Å². The number of amides is 2. The van der Waals surface area contributed by atoms with E-state index in [1.54, 1.807) is 31.3 Å². The Hall–Kier alpha value is -2.41. The second-order valence-corrected chi connectivity index (χ2v) is 7.18. The molecule has 1 aliphatic rings. The van der Waals surface area contributed by atoms with Crippen molar-refractivity contribution in [2.24, 2.45) is 5.92 Å². The van der Waals surface area contributed by atoms with Gasteiger partial charge in [0, 0.05) is 11.1 Å². The van der Waals surface area contributed by atoms with Crippen LogP contribution in [0.4, 0.5) is 15.6 Å². The molecule has 132 valence electrons. The largest absolute Gasteiger partial charge is 0.462 e. The maximum atomic E-state index is 12.4. The van der Waals surface area contributed by atoms with E-state index in [0.717, 1.165) is 29.7 Å². The molecule has 25 heavy (non-hydrogen) atoms. The van der Waals surface area contributed by atoms with Crippen LogP contribution < -0.4 is 10.6 Å². The van der Waals surface area contributed by atoms with Gasteiger partial charge in [0.15, 0.2) is 0 Å². The van der Waals surface area contributed by atoms with Gasteiger partial charge in [-0.1, -0.05) is 13.0 Å². The Bertz CT molecular complexity index is 773. The molecular formula is C18H21N3O3S. The van der Waals surface area contributed by atoms with E-state index in [1.165, 1.54) is 11.3 Å². The van der Waals surface area contributed by atoms with Crippen molar-refractivity contribution in [1.29, 1.82) is 0 Å². The summed E-state index contributed by atoms with van der Waals surface area (Å²) < 4.78 is 5.20. The molecule has 1 unspecified atom stereocenters. The second-order valence-electron chi connectivity index (χ2n) is 6.07. The molecule has 0 saturated heterocycles. The SMILES string of the molecule is CCOC(=O)c1c(NC(=O)Nc2ccccn2)sc2c1CCC(C)C2. The molecule has 0 spiro atoms. The Morgan fingerprint density at radius 3 is 2.92 bits per heavy atom. The fourth-order valence-corrected chi connectivity index (χ4v) is 4.34. The average Bonchev–Trinajstić information content (AvgIpc) is 2.92. The Morgan fingerprint density at radius 2 is 2.20 bits per heavy atom. The standard InChI is InChI=1S/C18H21N3O3S/c1-3-24-17(22)15-12-8-7-11(2)10-13(12)25-16(15)21-18(23)20-14-6-4-5-9-19-14/h4-6,9,11H,3,7-8,10H2,1-2H3,(H2,19,20,21,23). The molecule has 2 amide bonds. The lowest BCUT2D eigenvalue weighted by molar-refractivity contribution is 0.0526. The smallest absolute Gasteiger partial charge is 0.341 e. The van der Waals surface area contributed by atoms with E-state index in [0.29, 0.717) is 28.9 Å². The van der Waals surface area contributed by atoms with Gasteiger partial charge in [0.05, 0.1) is 12.2 Å². The van der Waals surface area contributed by atoms with Crippen molar-refractivity contribution in [1.82, 2.24) is 4.98 Å². The van der Waals surface area contributed by atoms with Crippen LogP contribution in [0.25, 0.3) is 0 Å². The molecule has 1 aliphatic carbocycles. The molecule has 0 aliphatic heterocycles. The van der Waals surface area contributed by atoms with Gasteiger partial charge in [-0.3, -0.25) is 10.6 Å². The van der Waals surface area contributed by atoms with Gasteiger partial charge in [-0.2, -0.15) is 0 Å². The first kappa shape index (κ1) is 17.4. The number of fused-ring (bicyclic) bond motifs is 1. The van der Waals surface area contributed by atoms with E-state index >= 15 is 0 Å². The highest BCUT2D eigenvalue weighted by Crippen LogP contribution is 2.40. The lowest BCUT2D eigenvalue weighted by Gasteiger charge is -2.18. The van der Waals surface area contributed by atoms with Crippen LogP contribution in [-0.2, 0) is 17.6 Å². The molecule has 7 heteroatoms. The number of carbonyl (C=O) groups is 2. The van der Waals surface area contributed by atoms with Crippen molar-refractivity contribution in [2.75, 3.05) is 17.2 Å². The van der Waals surface area contributed by atoms with Gasteiger partial charge < -0.3 is 4.74 Å². The van der Waals surface area contributed by atoms with E-state index in [2.05, 4.69) is 22.5 Å². The van der Waals surface area contributed by atoms with Crippen molar-refractivity contribution in [3.8, 4) is 0 Å². The summed E-state index contributed by atoms with van der Waals surface area (Å²) in [5.41, 5.74) is 1.53. The Kier molecular flexibility index (Phi) is 5.33. The number of rotatable bonds is 4. The van der Waals surface area contributed by atoms with E-state index in [4.69, 9.17) is 4.74 Å². The van der Waals surface area contributed by atoms with Gasteiger partial charge in [-0.15, -0.1) is 11.3 Å². The number of carbonyl (C=O) groups excluding carboxylic acids is 2. The number of pyridine rings is 1. The highest BCUT2D eigenvalue weighted by atomic mass is 32.1. The van der Waals surface area contributed by atoms with Crippen molar-refractivity contribution in [2.45, 2.75) is 33.1 Å². The third kappa shape index (κ3) is 3.99. The maximum absolute atomic E-state index is 12.4. The zero-order valence-corrected chi connectivity index (χ0v) is 15.1. The predicted molar refractivity (Wildman–Crippen MR) is 98.3 cm³/mol. The number of nitrogens with zero attached hydrogens (tertiary/aromatic N) is 1. The van der Waals surface area contributed by atoms with Crippen LogP contribution >= 0.6 is 11.3 Å². The van der Waals surface area contributed by atoms with E-state index in [9.17, 15) is 9.59 Å². The molecule has 2 aromatic heterocycles. The van der Waals surface area contributed by atoms with E-state index in [-0.39, 0.29) is 5.97 Å². The second kappa shape index (κ2) is 7.65. The Balaban J connectivity index is 1.84. The van der Waals surface area contributed by atoms with Gasteiger partial charge in [-0.05, 0) is 49.8 Å². The Morgan fingerprint density at radius 1 is 1.36 bits per heavy atom. The first-order valence-corrected chi connectivity index (χ1v) is 9.20. The van der Waals surface area contributed by atoms with Crippen LogP contribution in [0.3, 0.4) is 0 Å². The molecule has 0 bridgehead atoms. The monoisotopic (exact) mass is 359 g/mol. The summed E-state index contributed by atoms with van der Waals surface area (Å²) >= 11 is 1.47. The van der Waals surface area contributed by atoms with Gasteiger partial charge >= 0.3 is 12.0 Å². The maximum Gasteiger partial charge on any atom is 0.341 e. The predicted octanol–water partition coefficient (Wildman–Crippen LogP) is 4.09. The van der Waals surface area contributed by atoms with Gasteiger partial charge in [0.2, 0.25) is 0 Å². The summed E-state index contributed by atoms with van der Waals surface area (Å²) in [5.74, 6) is 0.659. The number of hydrogen-bond acceptors (Lipinski definition) is 5. The van der Waals surface area contributed by atoms with Crippen LogP contribution in [0.15, 0.2) is 24.4 Å². The van der Waals surface area contributed by atoms with E-state index in [1.807, 2.05) is 0 Å². The normalized spacial score (nSPS) is 16.0. The highest BCUT2D eigenvalue weighted by molar-refractivity contribution is 7.17. The fraction of sp³-hybridized carbons (Fsp3) is 0.389. The minimum atomic E-state index is -0.420. The number of esters is 1. The van der Waals surface area contributed by atoms with Crippen LogP contribution in [0.2, 0.25) is 0 Å². The number of anilines is 2. The van der Waals surface area contributed by atoms with Gasteiger partial charge in [0.1, 0.15) is 10.8 Å². The number of thiophene rings is 1. The molecule has 6 nitrogen and oxygen atoms in total. The van der Waals surface area contributed by atoms with Crippen molar-refractivity contribution >= 4 is 34.2 Å². The van der Waals surface area contributed by atoms with Crippen molar-refractivity contribution in [3.63, 3.8) is 0 Å². The number of hydrogen-bond donors (Lipinski definition) is 2. The molecule has 0 fully saturated rings. The van der Waals surface area contributed by atoms with E-state index < -0.39 is 6.03 Å². The first-order valence-electron chi connectivity index (χ1n) is 8.39. The summed E-state index contributed by atoms with van der Waals surface area (Å²) in [4.78, 5) is 29.9. The average molecular weight is 359 g/mol. The van der Waals surface area contributed by atoms with Crippen molar-refractivity contribution in [3.05, 3.63) is 40.4 Å². The molecule has 0 radical (unpaired) electrons. The third-order valence-electron chi connectivity index (χ3n) is 4.12. The van der Waals surface area contributed by atoms with Crippen molar-refractivity contribution < 1.29 is 14.3 Å². The molecule has 2 N–H and O–H groups in total. The number of ether oxygens (including phenoxy) is 1. The lowest BCUT2D eigenvalue weighted by Crippen LogP contribution is -2.21. The summed E-state index contributed by atoms with van der Waals surface area (Å²) in [6, 6.07) is 4.84. The van der Waals surface area contributed by atoms with Gasteiger partial charge in [-0.25, -0.2) is 14.6 Å². The number of urea groups is 1. The molecule has 1 atom stereocenters. The first-order chi connectivity index (χ1) is 12.1. The molecule has 3 rings (SSSR count). The van der Waals surface area contributed by atoms with Crippen LogP contribution in [0.1, 0.15) is 41.1 Å². The summed E-state index contributed by atoms with van der Waals surface area (Å²) in [6.45, 7) is 4.28. The highest BCUT2D eigenvalue weighted by Gasteiger charge is 2.29. The zero-order valence-electron chi connectivity index (χ0n) is 14.3. The summed E-state index contributed by atoms with van der Waals surface area (Å²) in [5, 5.41) is 6.02.